The fraction of sp³-hybridized carbons (Fsp3) is 0.895. The second-order valence-corrected chi connectivity index (χ2v) is 9.67. The Morgan fingerprint density at radius 2 is 1.62 bits per heavy atom. The summed E-state index contributed by atoms with van der Waals surface area (Å²) < 4.78 is 0. The first kappa shape index (κ1) is 16.7. The first-order valence-electron chi connectivity index (χ1n) is 9.73. The van der Waals surface area contributed by atoms with Crippen molar-refractivity contribution in [3.05, 3.63) is 0 Å². The van der Waals surface area contributed by atoms with Gasteiger partial charge in [0.05, 0.1) is 12.0 Å². The smallest absolute Gasteiger partial charge is 0.241 e. The molecule has 1 saturated heterocycles. The van der Waals surface area contributed by atoms with Crippen LogP contribution in [-0.2, 0) is 9.59 Å². The number of carbonyl (C=O) groups excluding carboxylic acids is 2. The van der Waals surface area contributed by atoms with Crippen LogP contribution in [0.1, 0.15) is 64.2 Å². The summed E-state index contributed by atoms with van der Waals surface area (Å²) in [5.41, 5.74) is -0.301. The third-order valence-electron chi connectivity index (χ3n) is 6.83. The van der Waals surface area contributed by atoms with E-state index >= 15 is 0 Å². The topological polar surface area (TPSA) is 49.4 Å². The Labute approximate surface area is 149 Å². The van der Waals surface area contributed by atoms with Crippen molar-refractivity contribution in [2.75, 3.05) is 19.6 Å². The molecule has 5 fully saturated rings. The third kappa shape index (κ3) is 3.07. The third-order valence-corrected chi connectivity index (χ3v) is 7.27. The fourth-order valence-corrected chi connectivity index (χ4v) is 6.88. The molecule has 24 heavy (non-hydrogen) atoms. The summed E-state index contributed by atoms with van der Waals surface area (Å²) in [5, 5.41) is 2.99. The van der Waals surface area contributed by atoms with Crippen molar-refractivity contribution in [2.45, 2.75) is 69.1 Å². The molecule has 0 aromatic carbocycles. The van der Waals surface area contributed by atoms with E-state index in [0.29, 0.717) is 11.8 Å². The zero-order valence-corrected chi connectivity index (χ0v) is 15.2. The Balaban J connectivity index is 1.37. The molecule has 0 spiro atoms. The van der Waals surface area contributed by atoms with Gasteiger partial charge in [-0.25, -0.2) is 0 Å². The predicted molar refractivity (Wildman–Crippen MR) is 93.8 cm³/mol. The highest BCUT2D eigenvalue weighted by molar-refractivity contribution is 6.24. The minimum absolute atomic E-state index is 0.0792. The van der Waals surface area contributed by atoms with E-state index in [9.17, 15) is 9.59 Å². The minimum Gasteiger partial charge on any atom is -0.347 e. The van der Waals surface area contributed by atoms with Crippen molar-refractivity contribution in [1.29, 1.82) is 0 Å². The van der Waals surface area contributed by atoms with Crippen molar-refractivity contribution >= 4 is 23.4 Å². The number of hydrogen-bond acceptors (Lipinski definition) is 2. The van der Waals surface area contributed by atoms with Gasteiger partial charge in [0.25, 0.3) is 0 Å². The Morgan fingerprint density at radius 1 is 1.00 bits per heavy atom. The highest BCUT2D eigenvalue weighted by Crippen LogP contribution is 2.63. The number of nitrogens with one attached hydrogen (secondary N) is 1. The zero-order chi connectivity index (χ0) is 16.8. The van der Waals surface area contributed by atoms with Crippen LogP contribution in [-0.4, -0.2) is 41.2 Å². The lowest BCUT2D eigenvalue weighted by atomic mass is 9.49. The van der Waals surface area contributed by atoms with E-state index in [2.05, 4.69) is 5.32 Å². The summed E-state index contributed by atoms with van der Waals surface area (Å²) in [6, 6.07) is 0. The molecule has 134 valence electrons. The highest BCUT2D eigenvalue weighted by atomic mass is 35.5. The van der Waals surface area contributed by atoms with Crippen LogP contribution in [0.25, 0.3) is 0 Å². The van der Waals surface area contributed by atoms with E-state index in [1.54, 1.807) is 0 Å². The van der Waals surface area contributed by atoms with Crippen molar-refractivity contribution in [3.8, 4) is 0 Å². The van der Waals surface area contributed by atoms with Crippen LogP contribution in [0.2, 0.25) is 0 Å². The average Bonchev–Trinajstić information content (AvgIpc) is 2.79. The van der Waals surface area contributed by atoms with Gasteiger partial charge in [0.1, 0.15) is 0 Å². The van der Waals surface area contributed by atoms with Gasteiger partial charge in [0.15, 0.2) is 0 Å². The summed E-state index contributed by atoms with van der Waals surface area (Å²) in [4.78, 5) is 27.2. The molecule has 1 aliphatic heterocycles. The molecule has 0 aromatic rings. The van der Waals surface area contributed by atoms with E-state index in [4.69, 9.17) is 11.6 Å². The molecular weight excluding hydrogens is 324 g/mol. The molecule has 5 rings (SSSR count). The number of rotatable bonds is 3. The molecule has 5 heteroatoms. The Morgan fingerprint density at radius 3 is 2.21 bits per heavy atom. The Bertz CT molecular complexity index is 513. The van der Waals surface area contributed by atoms with Crippen molar-refractivity contribution < 1.29 is 9.59 Å². The molecule has 4 nitrogen and oxygen atoms in total. The number of hydrogen-bond donors (Lipinski definition) is 1. The van der Waals surface area contributed by atoms with Gasteiger partial charge in [0, 0.05) is 18.0 Å². The molecular formula is C19H29ClN2O2. The zero-order valence-electron chi connectivity index (χ0n) is 14.5. The molecule has 2 atom stereocenters. The van der Waals surface area contributed by atoms with Crippen LogP contribution in [0.3, 0.4) is 0 Å². The molecule has 0 unspecified atom stereocenters. The van der Waals surface area contributed by atoms with Gasteiger partial charge in [0.2, 0.25) is 11.8 Å². The van der Waals surface area contributed by atoms with E-state index in [-0.39, 0.29) is 28.6 Å². The van der Waals surface area contributed by atoms with Crippen LogP contribution in [0.4, 0.5) is 0 Å². The normalized spacial score (nSPS) is 41.1. The second kappa shape index (κ2) is 6.19. The first-order valence-corrected chi connectivity index (χ1v) is 10.1. The average molecular weight is 353 g/mol. The van der Waals surface area contributed by atoms with Gasteiger partial charge in [-0.2, -0.15) is 0 Å². The Hall–Kier alpha value is -0.770. The van der Waals surface area contributed by atoms with Crippen LogP contribution in [0.15, 0.2) is 0 Å². The van der Waals surface area contributed by atoms with Gasteiger partial charge >= 0.3 is 0 Å². The quantitative estimate of drug-likeness (QED) is 0.793. The molecule has 5 aliphatic rings. The monoisotopic (exact) mass is 352 g/mol. The lowest BCUT2D eigenvalue weighted by Gasteiger charge is -2.59. The van der Waals surface area contributed by atoms with Gasteiger partial charge in [-0.1, -0.05) is 12.8 Å². The summed E-state index contributed by atoms with van der Waals surface area (Å²) >= 11 is 6.81. The fourth-order valence-electron chi connectivity index (χ4n) is 6.19. The highest BCUT2D eigenvalue weighted by Gasteiger charge is 2.60. The predicted octanol–water partition coefficient (Wildman–Crippen LogP) is 3.08. The summed E-state index contributed by atoms with van der Waals surface area (Å²) in [6.07, 6.45) is 10.7. The maximum Gasteiger partial charge on any atom is 0.241 e. The summed E-state index contributed by atoms with van der Waals surface area (Å²) in [6.45, 7) is 1.84. The number of amides is 2. The van der Waals surface area contributed by atoms with Crippen molar-refractivity contribution in [2.24, 2.45) is 17.3 Å². The minimum atomic E-state index is -0.301. The maximum absolute atomic E-state index is 13.0. The molecule has 1 heterocycles. The van der Waals surface area contributed by atoms with Crippen LogP contribution in [0.5, 0.6) is 0 Å². The lowest BCUT2D eigenvalue weighted by Crippen LogP contribution is -2.59. The van der Waals surface area contributed by atoms with Crippen LogP contribution < -0.4 is 5.32 Å². The SMILES string of the molecule is O=C(CNC(=O)C12C[C@H]3C[C@@H](CC(Cl)(C3)C1)C2)N1CCCCCC1. The second-order valence-electron chi connectivity index (χ2n) is 8.87. The number of halogens is 1. The first-order chi connectivity index (χ1) is 11.5. The number of carbonyl (C=O) groups is 2. The number of likely N-dealkylation sites (tertiary alicyclic amines) is 1. The standard InChI is InChI=1S/C19H29ClN2O2/c20-19-10-14-7-15(11-19)9-18(8-14,13-19)17(24)21-12-16(23)22-5-3-1-2-4-6-22/h14-15H,1-13H2,(H,21,24)/t14-,15-,18?,19?/m1/s1. The van der Waals surface area contributed by atoms with Gasteiger partial charge in [-0.05, 0) is 63.2 Å². The summed E-state index contributed by atoms with van der Waals surface area (Å²) in [5.74, 6) is 1.38. The molecule has 4 bridgehead atoms. The number of alkyl halides is 1. The van der Waals surface area contributed by atoms with Crippen molar-refractivity contribution in [1.82, 2.24) is 10.2 Å². The summed E-state index contributed by atoms with van der Waals surface area (Å²) in [7, 11) is 0. The van der Waals surface area contributed by atoms with Gasteiger partial charge < -0.3 is 10.2 Å². The van der Waals surface area contributed by atoms with E-state index in [1.165, 1.54) is 19.3 Å². The molecule has 4 saturated carbocycles. The maximum atomic E-state index is 13.0. The van der Waals surface area contributed by atoms with Crippen LogP contribution in [0, 0.1) is 17.3 Å². The molecule has 2 amide bonds. The Kier molecular flexibility index (Phi) is 4.30. The lowest BCUT2D eigenvalue weighted by molar-refractivity contribution is -0.146. The molecule has 4 aliphatic carbocycles. The van der Waals surface area contributed by atoms with Gasteiger partial charge in [-0.3, -0.25) is 9.59 Å². The van der Waals surface area contributed by atoms with Gasteiger partial charge in [-0.15, -0.1) is 11.6 Å². The molecule has 0 aromatic heterocycles. The van der Waals surface area contributed by atoms with Crippen LogP contribution >= 0.6 is 11.6 Å². The van der Waals surface area contributed by atoms with E-state index in [0.717, 1.165) is 58.0 Å². The largest absolute Gasteiger partial charge is 0.347 e. The molecule has 0 radical (unpaired) electrons. The number of nitrogens with zero attached hydrogens (tertiary/aromatic N) is 1. The molecule has 1 N–H and O–H groups in total. The van der Waals surface area contributed by atoms with E-state index < -0.39 is 0 Å². The van der Waals surface area contributed by atoms with E-state index in [1.807, 2.05) is 4.90 Å². The van der Waals surface area contributed by atoms with Crippen molar-refractivity contribution in [3.63, 3.8) is 0 Å².